The topological polar surface area (TPSA) is 56.1 Å². The number of aromatic nitrogens is 1. The number of hydrogen-bond donors (Lipinski definition) is 0. The molecule has 0 N–H and O–H groups in total. The molecule has 96 valence electrons. The van der Waals surface area contributed by atoms with Crippen molar-refractivity contribution in [1.82, 2.24) is 4.57 Å². The fourth-order valence-corrected chi connectivity index (χ4v) is 4.16. The lowest BCUT2D eigenvalue weighted by Gasteiger charge is -2.10. The number of carbonyl (C=O) groups excluding carboxylic acids is 1. The van der Waals surface area contributed by atoms with Crippen molar-refractivity contribution in [3.63, 3.8) is 0 Å². The van der Waals surface area contributed by atoms with E-state index >= 15 is 0 Å². The molecule has 0 spiro atoms. The SMILES string of the molecule is Cn1c(C(=O)C(Cl)(Cl)Cl)cc(Br)c1S(=O)(=O)Cl. The summed E-state index contributed by atoms with van der Waals surface area (Å²) in [6.45, 7) is 0. The highest BCUT2D eigenvalue weighted by Crippen LogP contribution is 2.34. The number of Topliss-reactive ketones (excluding diaryl/α,β-unsaturated/α-hetero) is 1. The van der Waals surface area contributed by atoms with E-state index in [2.05, 4.69) is 15.9 Å². The predicted octanol–water partition coefficient (Wildman–Crippen LogP) is 3.27. The Morgan fingerprint density at radius 2 is 1.88 bits per heavy atom. The van der Waals surface area contributed by atoms with Crippen LogP contribution in [0.5, 0.6) is 0 Å². The summed E-state index contributed by atoms with van der Waals surface area (Å²) in [5.74, 6) is -0.850. The lowest BCUT2D eigenvalue weighted by Crippen LogP contribution is -2.22. The number of rotatable bonds is 2. The van der Waals surface area contributed by atoms with Crippen molar-refractivity contribution in [1.29, 1.82) is 0 Å². The molecule has 17 heavy (non-hydrogen) atoms. The van der Waals surface area contributed by atoms with Crippen LogP contribution < -0.4 is 0 Å². The molecule has 0 saturated heterocycles. The average molecular weight is 404 g/mol. The van der Waals surface area contributed by atoms with Crippen molar-refractivity contribution in [2.24, 2.45) is 7.05 Å². The molecule has 0 fully saturated rings. The van der Waals surface area contributed by atoms with E-state index in [0.717, 1.165) is 4.57 Å². The summed E-state index contributed by atoms with van der Waals surface area (Å²) in [5, 5.41) is -0.281. The minimum atomic E-state index is -4.02. The summed E-state index contributed by atoms with van der Waals surface area (Å²) < 4.78 is 21.5. The number of ketones is 1. The Balaban J connectivity index is 3.48. The van der Waals surface area contributed by atoms with Gasteiger partial charge in [-0.05, 0) is 22.0 Å². The fourth-order valence-electron chi connectivity index (χ4n) is 1.19. The van der Waals surface area contributed by atoms with Gasteiger partial charge in [0, 0.05) is 17.7 Å². The zero-order chi connectivity index (χ0) is 13.6. The number of halogens is 5. The van der Waals surface area contributed by atoms with E-state index in [4.69, 9.17) is 45.5 Å². The maximum atomic E-state index is 11.7. The lowest BCUT2D eigenvalue weighted by molar-refractivity contribution is 0.0988. The quantitative estimate of drug-likeness (QED) is 0.432. The van der Waals surface area contributed by atoms with Crippen LogP contribution in [0.2, 0.25) is 0 Å². The minimum Gasteiger partial charge on any atom is -0.330 e. The van der Waals surface area contributed by atoms with E-state index in [-0.39, 0.29) is 15.2 Å². The molecule has 1 rings (SSSR count). The molecule has 0 saturated carbocycles. The van der Waals surface area contributed by atoms with Crippen LogP contribution in [0.3, 0.4) is 0 Å². The van der Waals surface area contributed by atoms with Gasteiger partial charge in [0.1, 0.15) is 0 Å². The van der Waals surface area contributed by atoms with Gasteiger partial charge in [0.05, 0.1) is 10.2 Å². The smallest absolute Gasteiger partial charge is 0.277 e. The zero-order valence-corrected chi connectivity index (χ0v) is 13.5. The second-order valence-corrected chi connectivity index (χ2v) is 8.62. The van der Waals surface area contributed by atoms with Gasteiger partial charge in [-0.1, -0.05) is 34.8 Å². The Hall–Kier alpha value is 0.540. The average Bonchev–Trinajstić information content (AvgIpc) is 2.37. The monoisotopic (exact) mass is 401 g/mol. The third-order valence-electron chi connectivity index (χ3n) is 1.85. The van der Waals surface area contributed by atoms with E-state index in [9.17, 15) is 13.2 Å². The first-order valence-electron chi connectivity index (χ1n) is 3.87. The van der Waals surface area contributed by atoms with E-state index in [0.29, 0.717) is 0 Å². The summed E-state index contributed by atoms with van der Waals surface area (Å²) >= 11 is 19.3. The maximum absolute atomic E-state index is 11.7. The summed E-state index contributed by atoms with van der Waals surface area (Å²) in [7, 11) is 2.52. The molecular formula is C7H4BrCl4NO3S. The summed E-state index contributed by atoms with van der Waals surface area (Å²) in [5.41, 5.74) is -0.0869. The highest BCUT2D eigenvalue weighted by Gasteiger charge is 2.35. The molecular weight excluding hydrogens is 400 g/mol. The minimum absolute atomic E-state index is 0.0869. The maximum Gasteiger partial charge on any atom is 0.277 e. The van der Waals surface area contributed by atoms with E-state index in [1.165, 1.54) is 13.1 Å². The lowest BCUT2D eigenvalue weighted by atomic mass is 10.3. The molecule has 0 amide bonds. The molecule has 0 bridgehead atoms. The van der Waals surface area contributed by atoms with Crippen LogP contribution in [0.15, 0.2) is 15.6 Å². The summed E-state index contributed by atoms with van der Waals surface area (Å²) in [4.78, 5) is 11.7. The molecule has 0 atom stereocenters. The number of carbonyl (C=O) groups is 1. The van der Waals surface area contributed by atoms with Crippen LogP contribution in [0, 0.1) is 0 Å². The molecule has 10 heteroatoms. The van der Waals surface area contributed by atoms with Gasteiger partial charge in [0.15, 0.2) is 5.03 Å². The molecule has 0 unspecified atom stereocenters. The van der Waals surface area contributed by atoms with Crippen LogP contribution in [0.4, 0.5) is 0 Å². The first-order valence-corrected chi connectivity index (χ1v) is 8.11. The molecule has 1 aromatic rings. The van der Waals surface area contributed by atoms with Crippen LogP contribution in [0.1, 0.15) is 10.5 Å². The van der Waals surface area contributed by atoms with Crippen LogP contribution in [0.25, 0.3) is 0 Å². The van der Waals surface area contributed by atoms with Gasteiger partial charge in [-0.25, -0.2) is 8.42 Å². The van der Waals surface area contributed by atoms with Gasteiger partial charge < -0.3 is 4.57 Å². The summed E-state index contributed by atoms with van der Waals surface area (Å²) in [6.07, 6.45) is 0. The van der Waals surface area contributed by atoms with Crippen LogP contribution in [-0.2, 0) is 16.1 Å². The Morgan fingerprint density at radius 3 is 2.18 bits per heavy atom. The van der Waals surface area contributed by atoms with E-state index in [1.54, 1.807) is 0 Å². The van der Waals surface area contributed by atoms with Gasteiger partial charge in [0.2, 0.25) is 5.78 Å². The van der Waals surface area contributed by atoms with E-state index in [1.807, 2.05) is 0 Å². The molecule has 1 aromatic heterocycles. The highest BCUT2D eigenvalue weighted by molar-refractivity contribution is 9.10. The molecule has 0 radical (unpaired) electrons. The number of alkyl halides is 3. The fraction of sp³-hybridized carbons (Fsp3) is 0.286. The van der Waals surface area contributed by atoms with Gasteiger partial charge >= 0.3 is 0 Å². The van der Waals surface area contributed by atoms with E-state index < -0.39 is 18.6 Å². The normalized spacial score (nSPS) is 12.8. The predicted molar refractivity (Wildman–Crippen MR) is 70.8 cm³/mol. The first-order chi connectivity index (χ1) is 7.46. The van der Waals surface area contributed by atoms with Gasteiger partial charge in [-0.15, -0.1) is 0 Å². The largest absolute Gasteiger partial charge is 0.330 e. The molecule has 0 aliphatic heterocycles. The molecule has 0 aliphatic carbocycles. The Kier molecular flexibility index (Phi) is 4.50. The second-order valence-electron chi connectivity index (χ2n) is 3.01. The molecule has 4 nitrogen and oxygen atoms in total. The standard InChI is InChI=1S/C7H4BrCl4NO3S/c1-13-4(5(14)7(9,10)11)2-3(8)6(13)17(12,15)16/h2H,1H3. The zero-order valence-electron chi connectivity index (χ0n) is 8.05. The third-order valence-corrected chi connectivity index (χ3v) is 4.63. The Morgan fingerprint density at radius 1 is 1.41 bits per heavy atom. The number of nitrogens with zero attached hydrogens (tertiary/aromatic N) is 1. The van der Waals surface area contributed by atoms with Crippen molar-refractivity contribution in [2.45, 2.75) is 8.82 Å². The van der Waals surface area contributed by atoms with Crippen molar-refractivity contribution in [3.8, 4) is 0 Å². The number of hydrogen-bond acceptors (Lipinski definition) is 3. The third kappa shape index (κ3) is 3.30. The van der Waals surface area contributed by atoms with Crippen molar-refractivity contribution < 1.29 is 13.2 Å². The van der Waals surface area contributed by atoms with Gasteiger partial charge in [-0.3, -0.25) is 4.79 Å². The Bertz CT molecular complexity index is 575. The van der Waals surface area contributed by atoms with Gasteiger partial charge in [-0.2, -0.15) is 0 Å². The summed E-state index contributed by atoms with van der Waals surface area (Å²) in [6, 6.07) is 1.22. The van der Waals surface area contributed by atoms with Gasteiger partial charge in [0.25, 0.3) is 12.8 Å². The molecule has 1 heterocycles. The Labute approximate surface area is 125 Å². The first kappa shape index (κ1) is 15.6. The van der Waals surface area contributed by atoms with Crippen molar-refractivity contribution in [3.05, 3.63) is 16.2 Å². The highest BCUT2D eigenvalue weighted by atomic mass is 79.9. The van der Waals surface area contributed by atoms with Crippen LogP contribution >= 0.6 is 61.4 Å². The molecule has 0 aromatic carbocycles. The van der Waals surface area contributed by atoms with Crippen molar-refractivity contribution >= 4 is 76.2 Å². The van der Waals surface area contributed by atoms with Crippen molar-refractivity contribution in [2.75, 3.05) is 0 Å². The van der Waals surface area contributed by atoms with Crippen LogP contribution in [-0.4, -0.2) is 22.6 Å². The molecule has 0 aliphatic rings. The second kappa shape index (κ2) is 4.90.